The van der Waals surface area contributed by atoms with Crippen LogP contribution < -0.4 is 5.32 Å². The molecular formula is C10H20FN. The van der Waals surface area contributed by atoms with Crippen molar-refractivity contribution in [1.82, 2.24) is 5.32 Å². The molecule has 0 saturated heterocycles. The lowest BCUT2D eigenvalue weighted by Crippen LogP contribution is -2.32. The summed E-state index contributed by atoms with van der Waals surface area (Å²) in [6, 6.07) is 0. The van der Waals surface area contributed by atoms with Gasteiger partial charge in [0.25, 0.3) is 0 Å². The van der Waals surface area contributed by atoms with Crippen molar-refractivity contribution in [2.75, 3.05) is 19.8 Å². The lowest BCUT2D eigenvalue weighted by molar-refractivity contribution is 0.265. The fourth-order valence-electron chi connectivity index (χ4n) is 2.20. The molecule has 1 saturated carbocycles. The molecule has 0 radical (unpaired) electrons. The van der Waals surface area contributed by atoms with Crippen LogP contribution in [0.3, 0.4) is 0 Å². The molecule has 0 bridgehead atoms. The molecule has 0 aromatic rings. The topological polar surface area (TPSA) is 12.0 Å². The van der Waals surface area contributed by atoms with Gasteiger partial charge in [-0.05, 0) is 24.7 Å². The Morgan fingerprint density at radius 3 is 2.50 bits per heavy atom. The van der Waals surface area contributed by atoms with Gasteiger partial charge in [0.1, 0.15) is 6.67 Å². The van der Waals surface area contributed by atoms with Crippen molar-refractivity contribution in [3.05, 3.63) is 0 Å². The standard InChI is InChI=1S/C10H20FN/c1-2-10(5-3-4-6-10)9-12-8-7-11/h12H,2-9H2,1H3. The van der Waals surface area contributed by atoms with Crippen LogP contribution >= 0.6 is 0 Å². The SMILES string of the molecule is CCC1(CNCCF)CCCC1. The molecule has 0 aromatic heterocycles. The van der Waals surface area contributed by atoms with Gasteiger partial charge in [0, 0.05) is 13.1 Å². The third-order valence-corrected chi connectivity index (χ3v) is 3.19. The van der Waals surface area contributed by atoms with E-state index in [0.717, 1.165) is 6.54 Å². The highest BCUT2D eigenvalue weighted by Gasteiger charge is 2.31. The molecule has 12 heavy (non-hydrogen) atoms. The van der Waals surface area contributed by atoms with E-state index in [-0.39, 0.29) is 6.67 Å². The molecule has 1 N–H and O–H groups in total. The van der Waals surface area contributed by atoms with E-state index < -0.39 is 0 Å². The number of rotatable bonds is 5. The molecule has 0 unspecified atom stereocenters. The number of halogens is 1. The first-order chi connectivity index (χ1) is 5.83. The van der Waals surface area contributed by atoms with E-state index in [9.17, 15) is 4.39 Å². The van der Waals surface area contributed by atoms with Gasteiger partial charge in [0.15, 0.2) is 0 Å². The van der Waals surface area contributed by atoms with Gasteiger partial charge < -0.3 is 5.32 Å². The second-order valence-electron chi connectivity index (χ2n) is 3.93. The van der Waals surface area contributed by atoms with E-state index in [1.807, 2.05) is 0 Å². The summed E-state index contributed by atoms with van der Waals surface area (Å²) in [5.41, 5.74) is 0.509. The lowest BCUT2D eigenvalue weighted by atomic mass is 9.83. The summed E-state index contributed by atoms with van der Waals surface area (Å²) in [7, 11) is 0. The maximum absolute atomic E-state index is 11.8. The summed E-state index contributed by atoms with van der Waals surface area (Å²) < 4.78 is 11.8. The molecule has 2 heteroatoms. The molecule has 1 aliphatic carbocycles. The molecular weight excluding hydrogens is 153 g/mol. The van der Waals surface area contributed by atoms with Crippen LogP contribution in [-0.4, -0.2) is 19.8 Å². The number of hydrogen-bond donors (Lipinski definition) is 1. The monoisotopic (exact) mass is 173 g/mol. The van der Waals surface area contributed by atoms with Crippen molar-refractivity contribution in [2.45, 2.75) is 39.0 Å². The third kappa shape index (κ3) is 2.44. The van der Waals surface area contributed by atoms with E-state index in [1.165, 1.54) is 32.1 Å². The first-order valence-corrected chi connectivity index (χ1v) is 5.10. The van der Waals surface area contributed by atoms with E-state index in [2.05, 4.69) is 12.2 Å². The zero-order valence-electron chi connectivity index (χ0n) is 8.03. The largest absolute Gasteiger partial charge is 0.314 e. The van der Waals surface area contributed by atoms with Gasteiger partial charge >= 0.3 is 0 Å². The van der Waals surface area contributed by atoms with E-state index in [1.54, 1.807) is 0 Å². The zero-order valence-corrected chi connectivity index (χ0v) is 8.03. The minimum Gasteiger partial charge on any atom is -0.314 e. The second kappa shape index (κ2) is 4.80. The summed E-state index contributed by atoms with van der Waals surface area (Å²) >= 11 is 0. The van der Waals surface area contributed by atoms with Gasteiger partial charge in [-0.1, -0.05) is 19.8 Å². The van der Waals surface area contributed by atoms with Crippen molar-refractivity contribution in [2.24, 2.45) is 5.41 Å². The minimum absolute atomic E-state index is 0.236. The number of hydrogen-bond acceptors (Lipinski definition) is 1. The van der Waals surface area contributed by atoms with Crippen molar-refractivity contribution < 1.29 is 4.39 Å². The molecule has 72 valence electrons. The third-order valence-electron chi connectivity index (χ3n) is 3.19. The van der Waals surface area contributed by atoms with Gasteiger partial charge in [0.2, 0.25) is 0 Å². The molecule has 1 nitrogen and oxygen atoms in total. The second-order valence-corrected chi connectivity index (χ2v) is 3.93. The molecule has 1 rings (SSSR count). The Balaban J connectivity index is 2.24. The molecule has 0 heterocycles. The molecule has 1 aliphatic rings. The number of alkyl halides is 1. The van der Waals surface area contributed by atoms with Gasteiger partial charge in [0.05, 0.1) is 0 Å². The van der Waals surface area contributed by atoms with Crippen LogP contribution in [0.2, 0.25) is 0 Å². The van der Waals surface area contributed by atoms with Crippen LogP contribution in [0.25, 0.3) is 0 Å². The van der Waals surface area contributed by atoms with Crippen molar-refractivity contribution in [3.63, 3.8) is 0 Å². The summed E-state index contributed by atoms with van der Waals surface area (Å²) in [4.78, 5) is 0. The fourth-order valence-corrected chi connectivity index (χ4v) is 2.20. The fraction of sp³-hybridized carbons (Fsp3) is 1.00. The summed E-state index contributed by atoms with van der Waals surface area (Å²) in [6.45, 7) is 3.57. The smallest absolute Gasteiger partial charge is 0.102 e. The first kappa shape index (κ1) is 9.97. The highest BCUT2D eigenvalue weighted by molar-refractivity contribution is 4.85. The van der Waals surface area contributed by atoms with Crippen molar-refractivity contribution in [1.29, 1.82) is 0 Å². The zero-order chi connectivity index (χ0) is 8.86. The molecule has 1 fully saturated rings. The Hall–Kier alpha value is -0.110. The minimum atomic E-state index is -0.236. The predicted molar refractivity (Wildman–Crippen MR) is 50.0 cm³/mol. The Kier molecular flexibility index (Phi) is 3.99. The molecule has 0 amide bonds. The predicted octanol–water partition coefficient (Wildman–Crippen LogP) is 2.52. The van der Waals surface area contributed by atoms with Crippen LogP contribution in [0.4, 0.5) is 4.39 Å². The van der Waals surface area contributed by atoms with E-state index in [0.29, 0.717) is 12.0 Å². The van der Waals surface area contributed by atoms with E-state index >= 15 is 0 Å². The highest BCUT2D eigenvalue weighted by atomic mass is 19.1. The van der Waals surface area contributed by atoms with Crippen molar-refractivity contribution in [3.8, 4) is 0 Å². The quantitative estimate of drug-likeness (QED) is 0.630. The van der Waals surface area contributed by atoms with Crippen LogP contribution in [0, 0.1) is 5.41 Å². The molecule has 0 atom stereocenters. The van der Waals surface area contributed by atoms with Crippen molar-refractivity contribution >= 4 is 0 Å². The highest BCUT2D eigenvalue weighted by Crippen LogP contribution is 2.40. The maximum Gasteiger partial charge on any atom is 0.102 e. The summed E-state index contributed by atoms with van der Waals surface area (Å²) in [5, 5.41) is 3.19. The Bertz CT molecular complexity index is 119. The van der Waals surface area contributed by atoms with Crippen LogP contribution in [-0.2, 0) is 0 Å². The average Bonchev–Trinajstić information content (AvgIpc) is 2.55. The summed E-state index contributed by atoms with van der Waals surface area (Å²) in [5.74, 6) is 0. The van der Waals surface area contributed by atoms with Gasteiger partial charge in [-0.25, -0.2) is 4.39 Å². The number of nitrogens with one attached hydrogen (secondary N) is 1. The van der Waals surface area contributed by atoms with Crippen LogP contribution in [0.5, 0.6) is 0 Å². The molecule has 0 spiro atoms. The van der Waals surface area contributed by atoms with Gasteiger partial charge in [-0.2, -0.15) is 0 Å². The summed E-state index contributed by atoms with van der Waals surface area (Å²) in [6.07, 6.45) is 6.65. The normalized spacial score (nSPS) is 21.5. The van der Waals surface area contributed by atoms with Crippen LogP contribution in [0.1, 0.15) is 39.0 Å². The Labute approximate surface area is 74.7 Å². The average molecular weight is 173 g/mol. The van der Waals surface area contributed by atoms with Crippen LogP contribution in [0.15, 0.2) is 0 Å². The van der Waals surface area contributed by atoms with E-state index in [4.69, 9.17) is 0 Å². The Morgan fingerprint density at radius 2 is 2.00 bits per heavy atom. The van der Waals surface area contributed by atoms with Gasteiger partial charge in [-0.3, -0.25) is 0 Å². The lowest BCUT2D eigenvalue weighted by Gasteiger charge is -2.27. The molecule has 0 aromatic carbocycles. The molecule has 0 aliphatic heterocycles. The Morgan fingerprint density at radius 1 is 1.33 bits per heavy atom. The maximum atomic E-state index is 11.8. The van der Waals surface area contributed by atoms with Gasteiger partial charge in [-0.15, -0.1) is 0 Å². The first-order valence-electron chi connectivity index (χ1n) is 5.10.